The number of nitrogens with zero attached hydrogens (tertiary/aromatic N) is 5. The summed E-state index contributed by atoms with van der Waals surface area (Å²) < 4.78 is 0. The third-order valence-electron chi connectivity index (χ3n) is 4.62. The van der Waals surface area contributed by atoms with Gasteiger partial charge in [-0.15, -0.1) is 10.2 Å². The van der Waals surface area contributed by atoms with Crippen molar-refractivity contribution in [3.63, 3.8) is 0 Å². The standard InChI is InChI=1S/C23H22N6O/c1-28(16-18-8-4-2-5-9-18)21-14-12-20(13-15-21)24-22(30)17-29-26-23(25-27-29)19-10-6-3-7-11-19/h2-15H,16-17H2,1H3,(H,24,30). The lowest BCUT2D eigenvalue weighted by molar-refractivity contribution is -0.117. The lowest BCUT2D eigenvalue weighted by Gasteiger charge is -2.19. The minimum absolute atomic E-state index is 0.00447. The summed E-state index contributed by atoms with van der Waals surface area (Å²) in [5.74, 6) is 0.284. The molecule has 1 amide bonds. The molecule has 0 aliphatic heterocycles. The zero-order valence-electron chi connectivity index (χ0n) is 16.6. The normalized spacial score (nSPS) is 10.6. The molecule has 30 heavy (non-hydrogen) atoms. The lowest BCUT2D eigenvalue weighted by atomic mass is 10.2. The maximum atomic E-state index is 12.3. The Hall–Kier alpha value is -4.00. The second-order valence-corrected chi connectivity index (χ2v) is 6.95. The van der Waals surface area contributed by atoms with Gasteiger partial charge in [-0.1, -0.05) is 60.7 Å². The van der Waals surface area contributed by atoms with E-state index in [4.69, 9.17) is 0 Å². The number of hydrogen-bond donors (Lipinski definition) is 1. The van der Waals surface area contributed by atoms with E-state index in [1.807, 2.05) is 79.8 Å². The summed E-state index contributed by atoms with van der Waals surface area (Å²) in [6.45, 7) is 0.809. The molecule has 0 atom stereocenters. The van der Waals surface area contributed by atoms with Crippen LogP contribution < -0.4 is 10.2 Å². The van der Waals surface area contributed by atoms with Crippen LogP contribution in [0.1, 0.15) is 5.56 Å². The van der Waals surface area contributed by atoms with Gasteiger partial charge < -0.3 is 10.2 Å². The Balaban J connectivity index is 1.33. The SMILES string of the molecule is CN(Cc1ccccc1)c1ccc(NC(=O)Cn2nnc(-c3ccccc3)n2)cc1. The number of anilines is 2. The number of aromatic nitrogens is 4. The highest BCUT2D eigenvalue weighted by atomic mass is 16.2. The summed E-state index contributed by atoms with van der Waals surface area (Å²) in [5, 5.41) is 15.1. The largest absolute Gasteiger partial charge is 0.370 e. The molecule has 0 unspecified atom stereocenters. The third-order valence-corrected chi connectivity index (χ3v) is 4.62. The summed E-state index contributed by atoms with van der Waals surface area (Å²) in [7, 11) is 2.04. The molecule has 0 spiro atoms. The van der Waals surface area contributed by atoms with Gasteiger partial charge in [0.1, 0.15) is 6.54 Å². The van der Waals surface area contributed by atoms with Crippen LogP contribution >= 0.6 is 0 Å². The van der Waals surface area contributed by atoms with Crippen molar-refractivity contribution in [2.24, 2.45) is 0 Å². The number of rotatable bonds is 7. The van der Waals surface area contributed by atoms with Crippen molar-refractivity contribution in [1.82, 2.24) is 20.2 Å². The number of hydrogen-bond acceptors (Lipinski definition) is 5. The van der Waals surface area contributed by atoms with Crippen LogP contribution in [-0.4, -0.2) is 33.2 Å². The zero-order valence-corrected chi connectivity index (χ0v) is 16.6. The maximum Gasteiger partial charge on any atom is 0.248 e. The van der Waals surface area contributed by atoms with Gasteiger partial charge in [0.15, 0.2) is 0 Å². The first-order valence-corrected chi connectivity index (χ1v) is 9.65. The molecule has 0 radical (unpaired) electrons. The first-order chi connectivity index (χ1) is 14.7. The highest BCUT2D eigenvalue weighted by molar-refractivity contribution is 5.90. The smallest absolute Gasteiger partial charge is 0.248 e. The first-order valence-electron chi connectivity index (χ1n) is 9.65. The van der Waals surface area contributed by atoms with Gasteiger partial charge in [-0.2, -0.15) is 4.80 Å². The van der Waals surface area contributed by atoms with Crippen LogP contribution in [0.25, 0.3) is 11.4 Å². The molecule has 0 aliphatic rings. The summed E-state index contributed by atoms with van der Waals surface area (Å²) >= 11 is 0. The lowest BCUT2D eigenvalue weighted by Crippen LogP contribution is -2.20. The quantitative estimate of drug-likeness (QED) is 0.515. The highest BCUT2D eigenvalue weighted by Gasteiger charge is 2.10. The van der Waals surface area contributed by atoms with Crippen molar-refractivity contribution in [3.8, 4) is 11.4 Å². The van der Waals surface area contributed by atoms with E-state index in [2.05, 4.69) is 37.8 Å². The van der Waals surface area contributed by atoms with Gasteiger partial charge in [0, 0.05) is 30.5 Å². The molecule has 7 nitrogen and oxygen atoms in total. The fraction of sp³-hybridized carbons (Fsp3) is 0.130. The molecule has 0 fully saturated rings. The summed E-state index contributed by atoms with van der Waals surface area (Å²) in [6, 6.07) is 27.6. The van der Waals surface area contributed by atoms with Gasteiger partial charge in [0.05, 0.1) is 0 Å². The van der Waals surface area contributed by atoms with E-state index in [0.29, 0.717) is 5.82 Å². The number of nitrogens with one attached hydrogen (secondary N) is 1. The van der Waals surface area contributed by atoms with E-state index in [9.17, 15) is 4.79 Å². The zero-order chi connectivity index (χ0) is 20.8. The van der Waals surface area contributed by atoms with Crippen molar-refractivity contribution >= 4 is 17.3 Å². The van der Waals surface area contributed by atoms with Crippen LogP contribution in [0.15, 0.2) is 84.9 Å². The minimum Gasteiger partial charge on any atom is -0.370 e. The van der Waals surface area contributed by atoms with E-state index < -0.39 is 0 Å². The van der Waals surface area contributed by atoms with Crippen molar-refractivity contribution in [2.75, 3.05) is 17.3 Å². The molecule has 0 saturated carbocycles. The predicted octanol–water partition coefficient (Wildman–Crippen LogP) is 3.62. The van der Waals surface area contributed by atoms with Crippen LogP contribution in [0.2, 0.25) is 0 Å². The molecule has 1 N–H and O–H groups in total. The molecule has 0 aliphatic carbocycles. The molecular formula is C23H22N6O. The number of carbonyl (C=O) groups is 1. The Morgan fingerprint density at radius 3 is 2.30 bits per heavy atom. The maximum absolute atomic E-state index is 12.3. The fourth-order valence-corrected chi connectivity index (χ4v) is 3.09. The van der Waals surface area contributed by atoms with Gasteiger partial charge in [-0.3, -0.25) is 4.79 Å². The van der Waals surface area contributed by atoms with Gasteiger partial charge >= 0.3 is 0 Å². The van der Waals surface area contributed by atoms with Crippen molar-refractivity contribution in [1.29, 1.82) is 0 Å². The van der Waals surface area contributed by atoms with E-state index in [1.54, 1.807) is 0 Å². The summed E-state index contributed by atoms with van der Waals surface area (Å²) in [6.07, 6.45) is 0. The Morgan fingerprint density at radius 2 is 1.60 bits per heavy atom. The van der Waals surface area contributed by atoms with Crippen LogP contribution in [0.4, 0.5) is 11.4 Å². The van der Waals surface area contributed by atoms with Crippen LogP contribution in [0.5, 0.6) is 0 Å². The number of amides is 1. The van der Waals surface area contributed by atoms with Crippen LogP contribution in [0, 0.1) is 0 Å². The highest BCUT2D eigenvalue weighted by Crippen LogP contribution is 2.19. The van der Waals surface area contributed by atoms with Crippen LogP contribution in [-0.2, 0) is 17.9 Å². The average Bonchev–Trinajstić information content (AvgIpc) is 3.24. The molecule has 4 aromatic rings. The third kappa shape index (κ3) is 4.88. The summed E-state index contributed by atoms with van der Waals surface area (Å²) in [4.78, 5) is 15.8. The van der Waals surface area contributed by atoms with Crippen molar-refractivity contribution in [3.05, 3.63) is 90.5 Å². The fourth-order valence-electron chi connectivity index (χ4n) is 3.09. The first kappa shape index (κ1) is 19.3. The molecule has 0 bridgehead atoms. The molecule has 4 rings (SSSR count). The van der Waals surface area contributed by atoms with Gasteiger partial charge in [0.2, 0.25) is 11.7 Å². The topological polar surface area (TPSA) is 75.9 Å². The molecule has 1 aromatic heterocycles. The molecule has 7 heteroatoms. The Kier molecular flexibility index (Phi) is 5.80. The number of benzene rings is 3. The van der Waals surface area contributed by atoms with Crippen molar-refractivity contribution < 1.29 is 4.79 Å². The Morgan fingerprint density at radius 1 is 0.933 bits per heavy atom. The van der Waals surface area contributed by atoms with E-state index >= 15 is 0 Å². The van der Waals surface area contributed by atoms with E-state index in [-0.39, 0.29) is 12.5 Å². The van der Waals surface area contributed by atoms with Gasteiger partial charge in [-0.25, -0.2) is 0 Å². The van der Waals surface area contributed by atoms with Crippen molar-refractivity contribution in [2.45, 2.75) is 13.1 Å². The molecule has 1 heterocycles. The van der Waals surface area contributed by atoms with E-state index in [1.165, 1.54) is 10.4 Å². The minimum atomic E-state index is -0.211. The van der Waals surface area contributed by atoms with E-state index in [0.717, 1.165) is 23.5 Å². The predicted molar refractivity (Wildman–Crippen MR) is 117 cm³/mol. The van der Waals surface area contributed by atoms with Gasteiger partial charge in [0.25, 0.3) is 0 Å². The van der Waals surface area contributed by atoms with Crippen LogP contribution in [0.3, 0.4) is 0 Å². The average molecular weight is 398 g/mol. The number of carbonyl (C=O) groups excluding carboxylic acids is 1. The second-order valence-electron chi connectivity index (χ2n) is 6.95. The summed E-state index contributed by atoms with van der Waals surface area (Å²) in [5.41, 5.74) is 3.90. The monoisotopic (exact) mass is 398 g/mol. The molecule has 3 aromatic carbocycles. The molecule has 150 valence electrons. The second kappa shape index (κ2) is 9.00. The Labute approximate surface area is 175 Å². The van der Waals surface area contributed by atoms with Gasteiger partial charge in [-0.05, 0) is 35.0 Å². The molecular weight excluding hydrogens is 376 g/mol. The molecule has 0 saturated heterocycles. The number of tetrazole rings is 1. The Bertz CT molecular complexity index is 1090.